The SMILES string of the molecule is O=C(O)c1ccc(Sc2cnccn2)c(Br)c1. The van der Waals surface area contributed by atoms with E-state index in [-0.39, 0.29) is 5.56 Å². The molecule has 0 saturated heterocycles. The zero-order valence-electron chi connectivity index (χ0n) is 8.50. The summed E-state index contributed by atoms with van der Waals surface area (Å²) in [6, 6.07) is 4.87. The highest BCUT2D eigenvalue weighted by atomic mass is 79.9. The van der Waals surface area contributed by atoms with Crippen LogP contribution in [-0.2, 0) is 0 Å². The maximum absolute atomic E-state index is 10.8. The van der Waals surface area contributed by atoms with Crippen molar-refractivity contribution < 1.29 is 9.90 Å². The van der Waals surface area contributed by atoms with Crippen molar-refractivity contribution in [3.8, 4) is 0 Å². The van der Waals surface area contributed by atoms with Crippen LogP contribution in [0.25, 0.3) is 0 Å². The van der Waals surface area contributed by atoms with Crippen LogP contribution in [0.2, 0.25) is 0 Å². The van der Waals surface area contributed by atoms with Gasteiger partial charge in [-0.2, -0.15) is 0 Å². The maximum atomic E-state index is 10.8. The molecule has 1 heterocycles. The first-order chi connectivity index (χ1) is 8.16. The van der Waals surface area contributed by atoms with Crippen molar-refractivity contribution in [3.63, 3.8) is 0 Å². The summed E-state index contributed by atoms with van der Waals surface area (Å²) in [5.74, 6) is -0.943. The first-order valence-electron chi connectivity index (χ1n) is 4.63. The van der Waals surface area contributed by atoms with E-state index in [0.29, 0.717) is 0 Å². The first kappa shape index (κ1) is 12.1. The molecule has 2 aromatic rings. The molecule has 0 fully saturated rings. The van der Waals surface area contributed by atoms with Gasteiger partial charge in [0.1, 0.15) is 5.03 Å². The second-order valence-corrected chi connectivity index (χ2v) is 5.01. The Hall–Kier alpha value is -1.40. The Labute approximate surface area is 110 Å². The van der Waals surface area contributed by atoms with Crippen molar-refractivity contribution in [2.75, 3.05) is 0 Å². The summed E-state index contributed by atoms with van der Waals surface area (Å²) in [6.45, 7) is 0. The van der Waals surface area contributed by atoms with Crippen LogP contribution < -0.4 is 0 Å². The number of aromatic nitrogens is 2. The Balaban J connectivity index is 2.26. The molecule has 1 aromatic carbocycles. The molecule has 2 rings (SSSR count). The Kier molecular flexibility index (Phi) is 3.75. The summed E-state index contributed by atoms with van der Waals surface area (Å²) < 4.78 is 0.730. The van der Waals surface area contributed by atoms with Gasteiger partial charge >= 0.3 is 5.97 Å². The number of carbonyl (C=O) groups is 1. The zero-order chi connectivity index (χ0) is 12.3. The smallest absolute Gasteiger partial charge is 0.335 e. The van der Waals surface area contributed by atoms with Crippen LogP contribution in [0.5, 0.6) is 0 Å². The van der Waals surface area contributed by atoms with E-state index in [2.05, 4.69) is 25.9 Å². The number of benzene rings is 1. The molecule has 0 atom stereocenters. The van der Waals surface area contributed by atoms with Crippen molar-refractivity contribution in [2.45, 2.75) is 9.92 Å². The molecule has 1 N–H and O–H groups in total. The molecule has 0 aliphatic carbocycles. The molecule has 0 saturated carbocycles. The van der Waals surface area contributed by atoms with Gasteiger partial charge in [0, 0.05) is 21.8 Å². The fourth-order valence-electron chi connectivity index (χ4n) is 1.17. The van der Waals surface area contributed by atoms with Gasteiger partial charge in [-0.15, -0.1) is 0 Å². The van der Waals surface area contributed by atoms with Crippen LogP contribution in [0.15, 0.2) is 51.2 Å². The highest BCUT2D eigenvalue weighted by Crippen LogP contribution is 2.32. The average Bonchev–Trinajstić information content (AvgIpc) is 2.33. The van der Waals surface area contributed by atoms with Crippen LogP contribution in [-0.4, -0.2) is 21.0 Å². The van der Waals surface area contributed by atoms with E-state index in [4.69, 9.17) is 5.11 Å². The number of carboxylic acids is 1. The highest BCUT2D eigenvalue weighted by molar-refractivity contribution is 9.10. The van der Waals surface area contributed by atoms with Gasteiger partial charge in [-0.25, -0.2) is 9.78 Å². The van der Waals surface area contributed by atoms with Crippen LogP contribution in [0, 0.1) is 0 Å². The lowest BCUT2D eigenvalue weighted by Gasteiger charge is -2.04. The lowest BCUT2D eigenvalue weighted by molar-refractivity contribution is 0.0696. The molecule has 0 radical (unpaired) electrons. The normalized spacial score (nSPS) is 10.2. The standard InChI is InChI=1S/C11H7BrN2O2S/c12-8-5-7(11(15)16)1-2-9(8)17-10-6-13-3-4-14-10/h1-6H,(H,15,16). The topological polar surface area (TPSA) is 63.1 Å². The second kappa shape index (κ2) is 5.29. The van der Waals surface area contributed by atoms with Crippen molar-refractivity contribution in [1.82, 2.24) is 9.97 Å². The Morgan fingerprint density at radius 2 is 2.18 bits per heavy atom. The Morgan fingerprint density at radius 1 is 1.35 bits per heavy atom. The molecule has 86 valence electrons. The molecular weight excluding hydrogens is 304 g/mol. The number of hydrogen-bond donors (Lipinski definition) is 1. The number of carboxylic acid groups (broad SMARTS) is 1. The first-order valence-corrected chi connectivity index (χ1v) is 6.24. The predicted molar refractivity (Wildman–Crippen MR) is 67.3 cm³/mol. The molecule has 6 heteroatoms. The molecule has 0 unspecified atom stereocenters. The number of halogens is 1. The van der Waals surface area contributed by atoms with Crippen LogP contribution in [0.3, 0.4) is 0 Å². The van der Waals surface area contributed by atoms with Crippen LogP contribution in [0.4, 0.5) is 0 Å². The minimum Gasteiger partial charge on any atom is -0.478 e. The lowest BCUT2D eigenvalue weighted by atomic mass is 10.2. The molecule has 0 amide bonds. The number of rotatable bonds is 3. The summed E-state index contributed by atoms with van der Waals surface area (Å²) in [5.41, 5.74) is 0.250. The van der Waals surface area contributed by atoms with Gasteiger partial charge in [-0.3, -0.25) is 4.98 Å². The summed E-state index contributed by atoms with van der Waals surface area (Å²) in [7, 11) is 0. The van der Waals surface area contributed by atoms with Crippen molar-refractivity contribution in [3.05, 3.63) is 46.8 Å². The van der Waals surface area contributed by atoms with E-state index < -0.39 is 5.97 Å². The van der Waals surface area contributed by atoms with Gasteiger partial charge in [0.2, 0.25) is 0 Å². The monoisotopic (exact) mass is 310 g/mol. The van der Waals surface area contributed by atoms with Crippen LogP contribution >= 0.6 is 27.7 Å². The summed E-state index contributed by atoms with van der Waals surface area (Å²) >= 11 is 4.76. The molecule has 0 bridgehead atoms. The maximum Gasteiger partial charge on any atom is 0.335 e. The van der Waals surface area contributed by atoms with E-state index in [0.717, 1.165) is 14.4 Å². The van der Waals surface area contributed by atoms with E-state index in [9.17, 15) is 4.79 Å². The Morgan fingerprint density at radius 3 is 2.76 bits per heavy atom. The zero-order valence-corrected chi connectivity index (χ0v) is 10.9. The third-order valence-electron chi connectivity index (χ3n) is 1.93. The molecule has 1 aromatic heterocycles. The van der Waals surface area contributed by atoms with Crippen molar-refractivity contribution >= 4 is 33.7 Å². The van der Waals surface area contributed by atoms with Gasteiger partial charge in [0.25, 0.3) is 0 Å². The number of nitrogens with zero attached hydrogens (tertiary/aromatic N) is 2. The molecule has 17 heavy (non-hydrogen) atoms. The highest BCUT2D eigenvalue weighted by Gasteiger charge is 2.08. The third kappa shape index (κ3) is 3.04. The largest absolute Gasteiger partial charge is 0.478 e. The molecule has 0 aliphatic heterocycles. The predicted octanol–water partition coefficient (Wildman–Crippen LogP) is 3.09. The van der Waals surface area contributed by atoms with Gasteiger partial charge in [0.15, 0.2) is 0 Å². The summed E-state index contributed by atoms with van der Waals surface area (Å²) in [5, 5.41) is 9.60. The van der Waals surface area contributed by atoms with Crippen LogP contribution in [0.1, 0.15) is 10.4 Å². The van der Waals surface area contributed by atoms with Gasteiger partial charge in [-0.05, 0) is 34.1 Å². The number of aromatic carboxylic acids is 1. The van der Waals surface area contributed by atoms with E-state index in [1.807, 2.05) is 0 Å². The second-order valence-electron chi connectivity index (χ2n) is 3.10. The van der Waals surface area contributed by atoms with E-state index >= 15 is 0 Å². The fraction of sp³-hybridized carbons (Fsp3) is 0. The molecular formula is C11H7BrN2O2S. The molecule has 0 aliphatic rings. The molecule has 4 nitrogen and oxygen atoms in total. The third-order valence-corrected chi connectivity index (χ3v) is 3.85. The minimum atomic E-state index is -0.943. The fourth-order valence-corrected chi connectivity index (χ4v) is 2.53. The van der Waals surface area contributed by atoms with Crippen molar-refractivity contribution in [2.24, 2.45) is 0 Å². The minimum absolute atomic E-state index is 0.250. The van der Waals surface area contributed by atoms with E-state index in [1.54, 1.807) is 36.8 Å². The van der Waals surface area contributed by atoms with Gasteiger partial charge in [0.05, 0.1) is 11.8 Å². The lowest BCUT2D eigenvalue weighted by Crippen LogP contribution is -1.95. The molecule has 0 spiro atoms. The Bertz CT molecular complexity index is 548. The van der Waals surface area contributed by atoms with Gasteiger partial charge in [-0.1, -0.05) is 11.8 Å². The van der Waals surface area contributed by atoms with Crippen molar-refractivity contribution in [1.29, 1.82) is 0 Å². The average molecular weight is 311 g/mol. The van der Waals surface area contributed by atoms with Gasteiger partial charge < -0.3 is 5.11 Å². The quantitative estimate of drug-likeness (QED) is 0.944. The number of hydrogen-bond acceptors (Lipinski definition) is 4. The van der Waals surface area contributed by atoms with E-state index in [1.165, 1.54) is 11.8 Å². The summed E-state index contributed by atoms with van der Waals surface area (Å²) in [6.07, 6.45) is 4.87. The summed E-state index contributed by atoms with van der Waals surface area (Å²) in [4.78, 5) is 19.8.